The predicted octanol–water partition coefficient (Wildman–Crippen LogP) is 1.64. The quantitative estimate of drug-likeness (QED) is 0.607. The molecule has 0 bridgehead atoms. The third-order valence-electron chi connectivity index (χ3n) is 2.86. The first-order valence-electron chi connectivity index (χ1n) is 4.14. The molecule has 0 saturated carbocycles. The minimum Gasteiger partial charge on any atom is -0.381 e. The van der Waals surface area contributed by atoms with Crippen molar-refractivity contribution in [1.29, 1.82) is 0 Å². The monoisotopic (exact) mass is 156 g/mol. The molecule has 1 unspecified atom stereocenters. The number of Topliss-reactive ketones (excluding diaryl/α,β-unsaturated/α-hetero) is 1. The van der Waals surface area contributed by atoms with Gasteiger partial charge in [-0.05, 0) is 19.3 Å². The van der Waals surface area contributed by atoms with Crippen molar-refractivity contribution in [1.82, 2.24) is 0 Å². The SMILES string of the molecule is CC(=O)C(C)(C)C1CCOC1. The average molecular weight is 156 g/mol. The Morgan fingerprint density at radius 3 is 2.55 bits per heavy atom. The molecule has 1 atom stereocenters. The van der Waals surface area contributed by atoms with Crippen molar-refractivity contribution in [2.45, 2.75) is 27.2 Å². The Morgan fingerprint density at radius 1 is 1.55 bits per heavy atom. The maximum atomic E-state index is 11.2. The van der Waals surface area contributed by atoms with Crippen LogP contribution in [-0.4, -0.2) is 19.0 Å². The van der Waals surface area contributed by atoms with Crippen molar-refractivity contribution >= 4 is 5.78 Å². The second-order valence-corrected chi connectivity index (χ2v) is 3.84. The van der Waals surface area contributed by atoms with E-state index in [2.05, 4.69) is 0 Å². The lowest BCUT2D eigenvalue weighted by molar-refractivity contribution is -0.127. The molecule has 1 rings (SSSR count). The van der Waals surface area contributed by atoms with Gasteiger partial charge in [0.05, 0.1) is 6.61 Å². The van der Waals surface area contributed by atoms with E-state index in [4.69, 9.17) is 4.74 Å². The van der Waals surface area contributed by atoms with Crippen LogP contribution in [0.25, 0.3) is 0 Å². The number of carbonyl (C=O) groups excluding carboxylic acids is 1. The van der Waals surface area contributed by atoms with E-state index >= 15 is 0 Å². The molecule has 0 aromatic rings. The van der Waals surface area contributed by atoms with Gasteiger partial charge >= 0.3 is 0 Å². The Balaban J connectivity index is 2.62. The summed E-state index contributed by atoms with van der Waals surface area (Å²) in [6.07, 6.45) is 1.03. The number of hydrogen-bond acceptors (Lipinski definition) is 2. The second kappa shape index (κ2) is 2.94. The Morgan fingerprint density at radius 2 is 2.18 bits per heavy atom. The molecule has 11 heavy (non-hydrogen) atoms. The molecule has 1 aliphatic rings. The lowest BCUT2D eigenvalue weighted by Crippen LogP contribution is -2.31. The van der Waals surface area contributed by atoms with Crippen LogP contribution in [0.5, 0.6) is 0 Å². The first kappa shape index (κ1) is 8.72. The summed E-state index contributed by atoms with van der Waals surface area (Å²) in [5.74, 6) is 0.702. The molecule has 1 saturated heterocycles. The van der Waals surface area contributed by atoms with Crippen molar-refractivity contribution in [3.63, 3.8) is 0 Å². The van der Waals surface area contributed by atoms with Crippen LogP contribution in [0.1, 0.15) is 27.2 Å². The second-order valence-electron chi connectivity index (χ2n) is 3.84. The van der Waals surface area contributed by atoms with Gasteiger partial charge in [0.2, 0.25) is 0 Å². The van der Waals surface area contributed by atoms with Crippen LogP contribution >= 0.6 is 0 Å². The molecule has 1 aliphatic heterocycles. The number of hydrogen-bond donors (Lipinski definition) is 0. The van der Waals surface area contributed by atoms with Gasteiger partial charge in [0.25, 0.3) is 0 Å². The zero-order chi connectivity index (χ0) is 8.48. The van der Waals surface area contributed by atoms with Crippen LogP contribution in [0.15, 0.2) is 0 Å². The summed E-state index contributed by atoms with van der Waals surface area (Å²) in [7, 11) is 0. The lowest BCUT2D eigenvalue weighted by atomic mass is 9.75. The standard InChI is InChI=1S/C9H16O2/c1-7(10)9(2,3)8-4-5-11-6-8/h8H,4-6H2,1-3H3. The summed E-state index contributed by atoms with van der Waals surface area (Å²) < 4.78 is 5.24. The molecular weight excluding hydrogens is 140 g/mol. The van der Waals surface area contributed by atoms with E-state index in [0.29, 0.717) is 5.92 Å². The molecule has 2 nitrogen and oxygen atoms in total. The van der Waals surface area contributed by atoms with Crippen molar-refractivity contribution in [2.75, 3.05) is 13.2 Å². The fourth-order valence-corrected chi connectivity index (χ4v) is 1.39. The zero-order valence-corrected chi connectivity index (χ0v) is 7.52. The van der Waals surface area contributed by atoms with Crippen LogP contribution in [0, 0.1) is 11.3 Å². The Hall–Kier alpha value is -0.370. The summed E-state index contributed by atoms with van der Waals surface area (Å²) in [4.78, 5) is 11.2. The zero-order valence-electron chi connectivity index (χ0n) is 7.52. The highest BCUT2D eigenvalue weighted by molar-refractivity contribution is 5.81. The van der Waals surface area contributed by atoms with Gasteiger partial charge in [-0.15, -0.1) is 0 Å². The van der Waals surface area contributed by atoms with Gasteiger partial charge in [-0.2, -0.15) is 0 Å². The van der Waals surface area contributed by atoms with Crippen LogP contribution in [0.4, 0.5) is 0 Å². The molecule has 0 N–H and O–H groups in total. The lowest BCUT2D eigenvalue weighted by Gasteiger charge is -2.27. The topological polar surface area (TPSA) is 26.3 Å². The third kappa shape index (κ3) is 1.62. The first-order chi connectivity index (χ1) is 5.05. The van der Waals surface area contributed by atoms with Crippen LogP contribution in [-0.2, 0) is 9.53 Å². The summed E-state index contributed by atoms with van der Waals surface area (Å²) in [5.41, 5.74) is -0.184. The highest BCUT2D eigenvalue weighted by Crippen LogP contribution is 2.33. The number of ketones is 1. The van der Waals surface area contributed by atoms with Crippen LogP contribution in [0.3, 0.4) is 0 Å². The van der Waals surface area contributed by atoms with Gasteiger partial charge in [0, 0.05) is 12.0 Å². The minimum absolute atomic E-state index is 0.184. The van der Waals surface area contributed by atoms with Crippen molar-refractivity contribution < 1.29 is 9.53 Å². The van der Waals surface area contributed by atoms with E-state index in [1.54, 1.807) is 6.92 Å². The summed E-state index contributed by atoms with van der Waals surface area (Å²) in [6, 6.07) is 0. The minimum atomic E-state index is -0.184. The Labute approximate surface area is 67.9 Å². The largest absolute Gasteiger partial charge is 0.381 e. The molecule has 1 fully saturated rings. The van der Waals surface area contributed by atoms with Gasteiger partial charge in [0.1, 0.15) is 5.78 Å². The Kier molecular flexibility index (Phi) is 2.33. The molecule has 64 valence electrons. The number of carbonyl (C=O) groups is 1. The Bertz CT molecular complexity index is 155. The van der Waals surface area contributed by atoms with E-state index in [1.807, 2.05) is 13.8 Å². The van der Waals surface area contributed by atoms with Crippen molar-refractivity contribution in [3.05, 3.63) is 0 Å². The summed E-state index contributed by atoms with van der Waals surface area (Å²) in [5, 5.41) is 0. The van der Waals surface area contributed by atoms with Crippen LogP contribution < -0.4 is 0 Å². The highest BCUT2D eigenvalue weighted by Gasteiger charge is 2.36. The normalized spacial score (nSPS) is 25.5. The fourth-order valence-electron chi connectivity index (χ4n) is 1.39. The molecule has 0 radical (unpaired) electrons. The molecule has 0 spiro atoms. The molecular formula is C9H16O2. The maximum Gasteiger partial charge on any atom is 0.135 e. The summed E-state index contributed by atoms with van der Waals surface area (Å²) in [6.45, 7) is 7.26. The van der Waals surface area contributed by atoms with Crippen molar-refractivity contribution in [3.8, 4) is 0 Å². The summed E-state index contributed by atoms with van der Waals surface area (Å²) >= 11 is 0. The first-order valence-corrected chi connectivity index (χ1v) is 4.14. The number of ether oxygens (including phenoxy) is 1. The molecule has 0 amide bonds. The van der Waals surface area contributed by atoms with E-state index in [0.717, 1.165) is 19.6 Å². The van der Waals surface area contributed by atoms with E-state index < -0.39 is 0 Å². The maximum absolute atomic E-state index is 11.2. The average Bonchev–Trinajstić information content (AvgIpc) is 2.37. The van der Waals surface area contributed by atoms with Gasteiger partial charge in [-0.25, -0.2) is 0 Å². The van der Waals surface area contributed by atoms with Crippen LogP contribution in [0.2, 0.25) is 0 Å². The van der Waals surface area contributed by atoms with Gasteiger partial charge < -0.3 is 4.74 Å². The van der Waals surface area contributed by atoms with Gasteiger partial charge in [0.15, 0.2) is 0 Å². The molecule has 0 aliphatic carbocycles. The highest BCUT2D eigenvalue weighted by atomic mass is 16.5. The van der Waals surface area contributed by atoms with E-state index in [9.17, 15) is 4.79 Å². The molecule has 1 heterocycles. The van der Waals surface area contributed by atoms with E-state index in [1.165, 1.54) is 0 Å². The smallest absolute Gasteiger partial charge is 0.135 e. The molecule has 0 aromatic heterocycles. The molecule has 2 heteroatoms. The molecule has 0 aromatic carbocycles. The van der Waals surface area contributed by atoms with Crippen molar-refractivity contribution in [2.24, 2.45) is 11.3 Å². The van der Waals surface area contributed by atoms with Gasteiger partial charge in [-0.3, -0.25) is 4.79 Å². The third-order valence-corrected chi connectivity index (χ3v) is 2.86. The predicted molar refractivity (Wildman–Crippen MR) is 43.4 cm³/mol. The van der Waals surface area contributed by atoms with E-state index in [-0.39, 0.29) is 11.2 Å². The van der Waals surface area contributed by atoms with Gasteiger partial charge in [-0.1, -0.05) is 13.8 Å². The number of rotatable bonds is 2. The fraction of sp³-hybridized carbons (Fsp3) is 0.889.